The zero-order chi connectivity index (χ0) is 10.6. The summed E-state index contributed by atoms with van der Waals surface area (Å²) in [6, 6.07) is 0. The van der Waals surface area contributed by atoms with Gasteiger partial charge in [0.25, 0.3) is 5.91 Å². The average molecular weight is 201 g/mol. The van der Waals surface area contributed by atoms with Crippen molar-refractivity contribution in [3.8, 4) is 0 Å². The van der Waals surface area contributed by atoms with Crippen LogP contribution in [0, 0.1) is 0 Å². The van der Waals surface area contributed by atoms with Gasteiger partial charge in [-0.25, -0.2) is 4.79 Å². The minimum atomic E-state index is -1.05. The van der Waals surface area contributed by atoms with Crippen molar-refractivity contribution in [2.75, 3.05) is 0 Å². The molecule has 0 bridgehead atoms. The number of aldehydes is 1. The number of carbonyl (C=O) groups is 3. The summed E-state index contributed by atoms with van der Waals surface area (Å²) in [5, 5.41) is 9.85. The maximum Gasteiger partial charge on any atom is 0.333 e. The van der Waals surface area contributed by atoms with E-state index in [0.29, 0.717) is 11.3 Å². The Labute approximate surface area is 80.4 Å². The van der Waals surface area contributed by atoms with Crippen LogP contribution in [0.3, 0.4) is 0 Å². The van der Waals surface area contributed by atoms with Gasteiger partial charge >= 0.3 is 5.97 Å². The largest absolute Gasteiger partial charge is 0.370 e. The van der Waals surface area contributed by atoms with Crippen molar-refractivity contribution in [3.63, 3.8) is 0 Å². The highest BCUT2D eigenvalue weighted by Crippen LogP contribution is 2.16. The zero-order valence-corrected chi connectivity index (χ0v) is 7.51. The molecule has 14 heavy (non-hydrogen) atoms. The second-order valence-electron chi connectivity index (χ2n) is 2.91. The molecule has 1 N–H and O–H groups in total. The van der Waals surface area contributed by atoms with Crippen LogP contribution in [-0.2, 0) is 19.2 Å². The molecule has 1 saturated heterocycles. The van der Waals surface area contributed by atoms with E-state index in [1.165, 1.54) is 0 Å². The van der Waals surface area contributed by atoms with Gasteiger partial charge in [0, 0.05) is 19.3 Å². The van der Waals surface area contributed by atoms with Gasteiger partial charge in [0.05, 0.1) is 6.42 Å². The Morgan fingerprint density at radius 2 is 2.43 bits per heavy atom. The Hall–Kier alpha value is -1.43. The number of amides is 1. The summed E-state index contributed by atoms with van der Waals surface area (Å²) in [6.45, 7) is 0. The van der Waals surface area contributed by atoms with E-state index in [0.717, 1.165) is 0 Å². The summed E-state index contributed by atoms with van der Waals surface area (Å²) in [5.74, 6) is -1.11. The maximum absolute atomic E-state index is 11.0. The smallest absolute Gasteiger partial charge is 0.333 e. The van der Waals surface area contributed by atoms with Gasteiger partial charge in [-0.05, 0) is 0 Å². The fourth-order valence-corrected chi connectivity index (χ4v) is 1.09. The summed E-state index contributed by atoms with van der Waals surface area (Å²) in [4.78, 5) is 36.5. The van der Waals surface area contributed by atoms with Crippen molar-refractivity contribution in [1.29, 1.82) is 0 Å². The third-order valence-electron chi connectivity index (χ3n) is 1.80. The Kier molecular flexibility index (Phi) is 3.58. The summed E-state index contributed by atoms with van der Waals surface area (Å²) >= 11 is 0. The van der Waals surface area contributed by atoms with Gasteiger partial charge in [0.2, 0.25) is 0 Å². The van der Waals surface area contributed by atoms with Crippen LogP contribution in [0.2, 0.25) is 0 Å². The van der Waals surface area contributed by atoms with Crippen LogP contribution in [0.15, 0.2) is 0 Å². The fraction of sp³-hybridized carbons (Fsp3) is 0.625. The molecule has 0 aromatic heterocycles. The number of hydrogen-bond donors (Lipinski definition) is 1. The molecule has 0 radical (unpaired) electrons. The third-order valence-corrected chi connectivity index (χ3v) is 1.80. The van der Waals surface area contributed by atoms with E-state index in [2.05, 4.69) is 4.84 Å². The first kappa shape index (κ1) is 10.6. The molecule has 1 rings (SSSR count). The quantitative estimate of drug-likeness (QED) is 0.612. The Bertz CT molecular complexity index is 252. The number of hydroxylamine groups is 2. The first-order chi connectivity index (χ1) is 6.65. The van der Waals surface area contributed by atoms with E-state index in [4.69, 9.17) is 0 Å². The molecular formula is C8H11NO5. The van der Waals surface area contributed by atoms with Gasteiger partial charge in [-0.2, -0.15) is 0 Å². The SMILES string of the molecule is O=CCCC(=O)ON1C(=O)CC[C@H]1O. The number of aliphatic hydroxyl groups is 1. The first-order valence-corrected chi connectivity index (χ1v) is 4.29. The van der Waals surface area contributed by atoms with E-state index in [9.17, 15) is 19.5 Å². The molecular weight excluding hydrogens is 190 g/mol. The van der Waals surface area contributed by atoms with Gasteiger partial charge in [-0.1, -0.05) is 0 Å². The highest BCUT2D eigenvalue weighted by atomic mass is 16.7. The fourth-order valence-electron chi connectivity index (χ4n) is 1.09. The summed E-state index contributed by atoms with van der Waals surface area (Å²) in [7, 11) is 0. The molecule has 1 amide bonds. The van der Waals surface area contributed by atoms with E-state index in [-0.39, 0.29) is 25.7 Å². The molecule has 1 heterocycles. The summed E-state index contributed by atoms with van der Waals surface area (Å²) in [5.41, 5.74) is 0. The normalized spacial score (nSPS) is 21.1. The average Bonchev–Trinajstić information content (AvgIpc) is 2.46. The predicted molar refractivity (Wildman–Crippen MR) is 43.5 cm³/mol. The standard InChI is InChI=1S/C8H11NO5/c10-5-1-2-8(13)14-9-6(11)3-4-7(9)12/h5-6,11H,1-4H2/t6-/m1/s1. The molecule has 0 spiro atoms. The molecule has 0 aliphatic carbocycles. The minimum Gasteiger partial charge on any atom is -0.370 e. The number of carbonyl (C=O) groups excluding carboxylic acids is 3. The lowest BCUT2D eigenvalue weighted by atomic mass is 10.3. The first-order valence-electron chi connectivity index (χ1n) is 4.29. The van der Waals surface area contributed by atoms with E-state index in [1.54, 1.807) is 0 Å². The lowest BCUT2D eigenvalue weighted by Gasteiger charge is -2.18. The Morgan fingerprint density at radius 3 is 2.93 bits per heavy atom. The van der Waals surface area contributed by atoms with Crippen LogP contribution >= 0.6 is 0 Å². The van der Waals surface area contributed by atoms with Crippen LogP contribution in [0.1, 0.15) is 25.7 Å². The molecule has 6 nitrogen and oxygen atoms in total. The summed E-state index contributed by atoms with van der Waals surface area (Å²) < 4.78 is 0. The van der Waals surface area contributed by atoms with Gasteiger partial charge < -0.3 is 14.7 Å². The maximum atomic E-state index is 11.0. The lowest BCUT2D eigenvalue weighted by Crippen LogP contribution is -2.35. The molecule has 1 aliphatic rings. The van der Waals surface area contributed by atoms with Gasteiger partial charge in [0.1, 0.15) is 6.29 Å². The van der Waals surface area contributed by atoms with E-state index < -0.39 is 18.1 Å². The second kappa shape index (κ2) is 4.71. The van der Waals surface area contributed by atoms with Crippen molar-refractivity contribution in [1.82, 2.24) is 5.06 Å². The van der Waals surface area contributed by atoms with Crippen LogP contribution < -0.4 is 0 Å². The monoisotopic (exact) mass is 201 g/mol. The number of rotatable bonds is 4. The number of nitrogens with zero attached hydrogens (tertiary/aromatic N) is 1. The van der Waals surface area contributed by atoms with Crippen LogP contribution in [-0.4, -0.2) is 34.6 Å². The molecule has 0 aromatic carbocycles. The summed E-state index contributed by atoms with van der Waals surface area (Å²) in [6.07, 6.45) is -0.0646. The topological polar surface area (TPSA) is 83.9 Å². The number of aliphatic hydroxyl groups excluding tert-OH is 1. The van der Waals surface area contributed by atoms with Crippen molar-refractivity contribution in [2.45, 2.75) is 31.9 Å². The van der Waals surface area contributed by atoms with Crippen molar-refractivity contribution >= 4 is 18.2 Å². The molecule has 0 saturated carbocycles. The molecule has 1 atom stereocenters. The van der Waals surface area contributed by atoms with E-state index in [1.807, 2.05) is 0 Å². The highest BCUT2D eigenvalue weighted by Gasteiger charge is 2.32. The zero-order valence-electron chi connectivity index (χ0n) is 7.51. The van der Waals surface area contributed by atoms with Gasteiger partial charge in [0.15, 0.2) is 6.23 Å². The van der Waals surface area contributed by atoms with Crippen molar-refractivity contribution in [2.24, 2.45) is 0 Å². The lowest BCUT2D eigenvalue weighted by molar-refractivity contribution is -0.220. The molecule has 6 heteroatoms. The molecule has 0 unspecified atom stereocenters. The molecule has 1 aliphatic heterocycles. The molecule has 1 fully saturated rings. The third kappa shape index (κ3) is 2.53. The van der Waals surface area contributed by atoms with E-state index >= 15 is 0 Å². The van der Waals surface area contributed by atoms with Crippen LogP contribution in [0.4, 0.5) is 0 Å². The van der Waals surface area contributed by atoms with Gasteiger partial charge in [-0.3, -0.25) is 4.79 Å². The van der Waals surface area contributed by atoms with Crippen LogP contribution in [0.25, 0.3) is 0 Å². The minimum absolute atomic E-state index is 0.0525. The van der Waals surface area contributed by atoms with Gasteiger partial charge in [-0.15, -0.1) is 5.06 Å². The Morgan fingerprint density at radius 1 is 1.71 bits per heavy atom. The molecule has 78 valence electrons. The van der Waals surface area contributed by atoms with Crippen molar-refractivity contribution in [3.05, 3.63) is 0 Å². The second-order valence-corrected chi connectivity index (χ2v) is 2.91. The van der Waals surface area contributed by atoms with Crippen LogP contribution in [0.5, 0.6) is 0 Å². The Balaban J connectivity index is 2.38. The van der Waals surface area contributed by atoms with Crippen molar-refractivity contribution < 1.29 is 24.3 Å². The number of hydrogen-bond acceptors (Lipinski definition) is 5. The molecule has 0 aromatic rings. The highest BCUT2D eigenvalue weighted by molar-refractivity contribution is 5.80. The predicted octanol–water partition coefficient (Wildman–Crippen LogP) is -0.636.